The van der Waals surface area contributed by atoms with Crippen molar-refractivity contribution in [2.75, 3.05) is 13.7 Å². The molecule has 1 saturated heterocycles. The number of rotatable bonds is 2. The van der Waals surface area contributed by atoms with Crippen molar-refractivity contribution in [1.29, 1.82) is 0 Å². The molecule has 114 valence electrons. The second kappa shape index (κ2) is 5.77. The van der Waals surface area contributed by atoms with Crippen LogP contribution in [-0.4, -0.2) is 13.7 Å². The van der Waals surface area contributed by atoms with Gasteiger partial charge in [-0.25, -0.2) is 0 Å². The van der Waals surface area contributed by atoms with Gasteiger partial charge in [-0.2, -0.15) is 0 Å². The highest BCUT2D eigenvalue weighted by Crippen LogP contribution is 2.48. The average Bonchev–Trinajstić information content (AvgIpc) is 2.61. The number of hydrogen-bond donors (Lipinski definition) is 0. The van der Waals surface area contributed by atoms with E-state index in [1.54, 1.807) is 18.2 Å². The van der Waals surface area contributed by atoms with Crippen LogP contribution in [0.15, 0.2) is 48.5 Å². The van der Waals surface area contributed by atoms with E-state index in [0.29, 0.717) is 11.8 Å². The van der Waals surface area contributed by atoms with Crippen LogP contribution in [0.1, 0.15) is 41.6 Å². The van der Waals surface area contributed by atoms with Gasteiger partial charge in [0.15, 0.2) is 0 Å². The first-order chi connectivity index (χ1) is 10.9. The Morgan fingerprint density at radius 2 is 1.82 bits per heavy atom. The number of ether oxygens (including phenoxy) is 2. The van der Waals surface area contributed by atoms with E-state index in [-0.39, 0.29) is 6.10 Å². The van der Waals surface area contributed by atoms with E-state index in [1.807, 2.05) is 12.1 Å². The van der Waals surface area contributed by atoms with Gasteiger partial charge in [0.05, 0.1) is 13.2 Å². The van der Waals surface area contributed by atoms with Gasteiger partial charge in [0.1, 0.15) is 5.75 Å². The standard InChI is InChI=1S/C20H22O2/c1-21-16-9-6-15(7-10-16)20-19-11-8-14-4-2-3-5-17(14)18(19)12-13-22-20/h2-7,9-10,18-20H,8,11-13H2,1H3/t18-,19+,20+/m1/s1. The second-order valence-corrected chi connectivity index (χ2v) is 6.36. The number of aryl methyl sites for hydroxylation is 1. The Kier molecular flexibility index (Phi) is 3.63. The third-order valence-electron chi connectivity index (χ3n) is 5.28. The van der Waals surface area contributed by atoms with Crippen LogP contribution < -0.4 is 4.74 Å². The summed E-state index contributed by atoms with van der Waals surface area (Å²) in [5, 5.41) is 0. The van der Waals surface area contributed by atoms with Crippen molar-refractivity contribution < 1.29 is 9.47 Å². The molecule has 3 atom stereocenters. The first-order valence-corrected chi connectivity index (χ1v) is 8.20. The van der Waals surface area contributed by atoms with E-state index >= 15 is 0 Å². The molecule has 0 spiro atoms. The molecular formula is C20H22O2. The lowest BCUT2D eigenvalue weighted by molar-refractivity contribution is -0.0459. The fraction of sp³-hybridized carbons (Fsp3) is 0.400. The van der Waals surface area contributed by atoms with Gasteiger partial charge in [0.2, 0.25) is 0 Å². The van der Waals surface area contributed by atoms with Gasteiger partial charge in [-0.15, -0.1) is 0 Å². The van der Waals surface area contributed by atoms with Crippen molar-refractivity contribution >= 4 is 0 Å². The van der Waals surface area contributed by atoms with Crippen LogP contribution in [0.3, 0.4) is 0 Å². The Balaban J connectivity index is 1.65. The quantitative estimate of drug-likeness (QED) is 0.811. The molecule has 0 N–H and O–H groups in total. The number of benzene rings is 2. The van der Waals surface area contributed by atoms with Crippen LogP contribution in [0.25, 0.3) is 0 Å². The first-order valence-electron chi connectivity index (χ1n) is 8.20. The third kappa shape index (κ3) is 2.32. The van der Waals surface area contributed by atoms with Gasteiger partial charge in [-0.3, -0.25) is 0 Å². The average molecular weight is 294 g/mol. The molecule has 1 aliphatic carbocycles. The van der Waals surface area contributed by atoms with E-state index in [1.165, 1.54) is 18.4 Å². The minimum Gasteiger partial charge on any atom is -0.497 e. The van der Waals surface area contributed by atoms with Crippen molar-refractivity contribution in [2.24, 2.45) is 5.92 Å². The SMILES string of the molecule is COc1ccc([C@@H]2OCC[C@@H]3c4ccccc4CC[C@@H]32)cc1. The molecule has 0 bridgehead atoms. The summed E-state index contributed by atoms with van der Waals surface area (Å²) in [6.45, 7) is 0.853. The lowest BCUT2D eigenvalue weighted by atomic mass is 9.69. The molecule has 2 heteroatoms. The fourth-order valence-corrected chi connectivity index (χ4v) is 4.19. The molecule has 0 saturated carbocycles. The molecule has 1 fully saturated rings. The smallest absolute Gasteiger partial charge is 0.118 e. The zero-order valence-corrected chi connectivity index (χ0v) is 13.0. The summed E-state index contributed by atoms with van der Waals surface area (Å²) in [5.74, 6) is 2.15. The van der Waals surface area contributed by atoms with Crippen molar-refractivity contribution in [1.82, 2.24) is 0 Å². The lowest BCUT2D eigenvalue weighted by Crippen LogP contribution is -2.33. The molecule has 0 unspecified atom stereocenters. The number of hydrogen-bond acceptors (Lipinski definition) is 2. The minimum absolute atomic E-state index is 0.220. The molecule has 1 aliphatic heterocycles. The summed E-state index contributed by atoms with van der Waals surface area (Å²) in [4.78, 5) is 0. The molecule has 1 heterocycles. The Morgan fingerprint density at radius 1 is 1.00 bits per heavy atom. The van der Waals surface area contributed by atoms with Crippen LogP contribution in [-0.2, 0) is 11.2 Å². The Morgan fingerprint density at radius 3 is 2.64 bits per heavy atom. The molecule has 0 aromatic heterocycles. The topological polar surface area (TPSA) is 18.5 Å². The van der Waals surface area contributed by atoms with Gasteiger partial charge < -0.3 is 9.47 Å². The number of methoxy groups -OCH3 is 1. The Bertz CT molecular complexity index is 647. The van der Waals surface area contributed by atoms with Crippen LogP contribution in [0.5, 0.6) is 5.75 Å². The largest absolute Gasteiger partial charge is 0.497 e. The van der Waals surface area contributed by atoms with Gasteiger partial charge in [-0.05, 0) is 59.9 Å². The van der Waals surface area contributed by atoms with Crippen molar-refractivity contribution in [3.8, 4) is 5.75 Å². The third-order valence-corrected chi connectivity index (χ3v) is 5.28. The fourth-order valence-electron chi connectivity index (χ4n) is 4.19. The predicted molar refractivity (Wildman–Crippen MR) is 87.3 cm³/mol. The molecule has 4 rings (SSSR count). The summed E-state index contributed by atoms with van der Waals surface area (Å²) in [7, 11) is 1.71. The predicted octanol–water partition coefficient (Wildman–Crippen LogP) is 4.50. The van der Waals surface area contributed by atoms with Crippen molar-refractivity contribution in [3.05, 3.63) is 65.2 Å². The van der Waals surface area contributed by atoms with E-state index < -0.39 is 0 Å². The van der Waals surface area contributed by atoms with E-state index in [0.717, 1.165) is 18.8 Å². The Hall–Kier alpha value is -1.80. The second-order valence-electron chi connectivity index (χ2n) is 6.36. The van der Waals surface area contributed by atoms with E-state index in [2.05, 4.69) is 36.4 Å². The first kappa shape index (κ1) is 13.8. The molecule has 2 nitrogen and oxygen atoms in total. The molecule has 22 heavy (non-hydrogen) atoms. The highest BCUT2D eigenvalue weighted by atomic mass is 16.5. The van der Waals surface area contributed by atoms with Gasteiger partial charge >= 0.3 is 0 Å². The maximum atomic E-state index is 6.18. The van der Waals surface area contributed by atoms with Crippen LogP contribution in [0.4, 0.5) is 0 Å². The minimum atomic E-state index is 0.220. The summed E-state index contributed by atoms with van der Waals surface area (Å²) >= 11 is 0. The summed E-state index contributed by atoms with van der Waals surface area (Å²) < 4.78 is 11.5. The monoisotopic (exact) mass is 294 g/mol. The molecule has 0 radical (unpaired) electrons. The highest BCUT2D eigenvalue weighted by Gasteiger charge is 2.38. The summed E-state index contributed by atoms with van der Waals surface area (Å²) in [5.41, 5.74) is 4.38. The molecule has 0 amide bonds. The zero-order valence-electron chi connectivity index (χ0n) is 13.0. The lowest BCUT2D eigenvalue weighted by Gasteiger charge is -2.42. The maximum absolute atomic E-state index is 6.18. The molecule has 2 aromatic carbocycles. The maximum Gasteiger partial charge on any atom is 0.118 e. The number of fused-ring (bicyclic) bond motifs is 3. The van der Waals surface area contributed by atoms with Crippen LogP contribution >= 0.6 is 0 Å². The van der Waals surface area contributed by atoms with Crippen LogP contribution in [0, 0.1) is 5.92 Å². The van der Waals surface area contributed by atoms with Crippen molar-refractivity contribution in [2.45, 2.75) is 31.3 Å². The van der Waals surface area contributed by atoms with Crippen LogP contribution in [0.2, 0.25) is 0 Å². The van der Waals surface area contributed by atoms with Gasteiger partial charge in [-0.1, -0.05) is 36.4 Å². The van der Waals surface area contributed by atoms with E-state index in [9.17, 15) is 0 Å². The molecule has 2 aliphatic rings. The molecular weight excluding hydrogens is 272 g/mol. The van der Waals surface area contributed by atoms with Gasteiger partial charge in [0.25, 0.3) is 0 Å². The summed E-state index contributed by atoms with van der Waals surface area (Å²) in [6.07, 6.45) is 3.76. The zero-order chi connectivity index (χ0) is 14.9. The highest BCUT2D eigenvalue weighted by molar-refractivity contribution is 5.36. The van der Waals surface area contributed by atoms with Gasteiger partial charge in [0, 0.05) is 6.61 Å². The van der Waals surface area contributed by atoms with Crippen molar-refractivity contribution in [3.63, 3.8) is 0 Å². The Labute approximate surface area is 132 Å². The summed E-state index contributed by atoms with van der Waals surface area (Å²) in [6, 6.07) is 17.4. The normalized spacial score (nSPS) is 26.9. The van der Waals surface area contributed by atoms with E-state index in [4.69, 9.17) is 9.47 Å². The molecule has 2 aromatic rings.